The lowest BCUT2D eigenvalue weighted by atomic mass is 10.0. The van der Waals surface area contributed by atoms with Gasteiger partial charge >= 0.3 is 6.03 Å². The van der Waals surface area contributed by atoms with Gasteiger partial charge in [-0.05, 0) is 50.1 Å². The van der Waals surface area contributed by atoms with Crippen molar-refractivity contribution in [3.8, 4) is 0 Å². The molecule has 0 saturated heterocycles. The van der Waals surface area contributed by atoms with Crippen LogP contribution in [0.2, 0.25) is 0 Å². The number of nitrogens with zero attached hydrogens (tertiary/aromatic N) is 3. The molecule has 0 spiro atoms. The van der Waals surface area contributed by atoms with Crippen molar-refractivity contribution in [1.29, 1.82) is 0 Å². The van der Waals surface area contributed by atoms with E-state index in [9.17, 15) is 22.8 Å². The fraction of sp³-hybridized carbons (Fsp3) is 0.435. The molecule has 0 unspecified atom stereocenters. The highest BCUT2D eigenvalue weighted by atomic mass is 32.2. The molecule has 190 valence electrons. The number of hydrogen-bond donors (Lipinski definition) is 2. The van der Waals surface area contributed by atoms with Crippen LogP contribution in [0.4, 0.5) is 9.80 Å². The molecule has 2 aromatic rings. The number of fused-ring (bicyclic) bond motifs is 1. The van der Waals surface area contributed by atoms with E-state index < -0.39 is 27.9 Å². The highest BCUT2D eigenvalue weighted by Gasteiger charge is 2.30. The van der Waals surface area contributed by atoms with Crippen LogP contribution >= 0.6 is 11.3 Å². The van der Waals surface area contributed by atoms with Crippen molar-refractivity contribution in [3.63, 3.8) is 0 Å². The first-order chi connectivity index (χ1) is 16.3. The fourth-order valence-electron chi connectivity index (χ4n) is 3.63. The molecule has 35 heavy (non-hydrogen) atoms. The third-order valence-electron chi connectivity index (χ3n) is 5.79. The quantitative estimate of drug-likeness (QED) is 0.603. The van der Waals surface area contributed by atoms with Crippen LogP contribution in [0.25, 0.3) is 0 Å². The standard InChI is InChI=1S/C23H31N5O5S2/c1-14(2)28-12-11-17-18(13-28)34-22(19(17)21(30)25-23(31)26(3)4)24-20(29)15-7-9-16(10-8-15)35(32,33)27(5)6/h7-10,14H,11-13H2,1-6H3,(H,24,29)(H,25,30,31). The largest absolute Gasteiger partial charge is 0.331 e. The topological polar surface area (TPSA) is 119 Å². The number of sulfonamides is 1. The fourth-order valence-corrected chi connectivity index (χ4v) is 5.80. The molecule has 2 N–H and O–H groups in total. The molecule has 1 aliphatic rings. The van der Waals surface area contributed by atoms with E-state index in [1.54, 1.807) is 0 Å². The number of carbonyl (C=O) groups is 3. The number of amides is 4. The molecule has 10 nitrogen and oxygen atoms in total. The van der Waals surface area contributed by atoms with Crippen molar-refractivity contribution in [1.82, 2.24) is 19.4 Å². The van der Waals surface area contributed by atoms with Crippen molar-refractivity contribution >= 4 is 44.2 Å². The van der Waals surface area contributed by atoms with Gasteiger partial charge in [-0.15, -0.1) is 11.3 Å². The Hall–Kier alpha value is -2.80. The maximum atomic E-state index is 13.1. The Balaban J connectivity index is 1.92. The predicted octanol–water partition coefficient (Wildman–Crippen LogP) is 2.43. The number of hydrogen-bond acceptors (Lipinski definition) is 7. The molecule has 0 saturated carbocycles. The van der Waals surface area contributed by atoms with Crippen LogP contribution in [-0.2, 0) is 23.0 Å². The minimum absolute atomic E-state index is 0.0710. The molecule has 0 fully saturated rings. The Morgan fingerprint density at radius 1 is 1.03 bits per heavy atom. The second-order valence-corrected chi connectivity index (χ2v) is 12.2. The lowest BCUT2D eigenvalue weighted by molar-refractivity contribution is 0.0956. The van der Waals surface area contributed by atoms with Crippen LogP contribution in [0, 0.1) is 0 Å². The van der Waals surface area contributed by atoms with E-state index >= 15 is 0 Å². The number of thiophene rings is 1. The summed E-state index contributed by atoms with van der Waals surface area (Å²) in [6, 6.07) is 5.36. The number of nitrogens with one attached hydrogen (secondary N) is 2. The van der Waals surface area contributed by atoms with Gasteiger partial charge in [0, 0.05) is 57.8 Å². The Labute approximate surface area is 209 Å². The van der Waals surface area contributed by atoms with Gasteiger partial charge in [0.25, 0.3) is 11.8 Å². The predicted molar refractivity (Wildman–Crippen MR) is 135 cm³/mol. The summed E-state index contributed by atoms with van der Waals surface area (Å²) < 4.78 is 25.7. The minimum Gasteiger partial charge on any atom is -0.331 e. The normalized spacial score (nSPS) is 14.1. The molecular formula is C23H31N5O5S2. The van der Waals surface area contributed by atoms with Crippen molar-refractivity contribution in [3.05, 3.63) is 45.8 Å². The number of rotatable bonds is 6. The summed E-state index contributed by atoms with van der Waals surface area (Å²) in [6.07, 6.45) is 0.621. The average molecular weight is 522 g/mol. The molecule has 12 heteroatoms. The lowest BCUT2D eigenvalue weighted by Crippen LogP contribution is -2.40. The summed E-state index contributed by atoms with van der Waals surface area (Å²) in [5.41, 5.74) is 1.37. The van der Waals surface area contributed by atoms with E-state index in [1.807, 2.05) is 0 Å². The second-order valence-electron chi connectivity index (χ2n) is 8.94. The summed E-state index contributed by atoms with van der Waals surface area (Å²) in [5, 5.41) is 5.54. The molecule has 3 rings (SSSR count). The summed E-state index contributed by atoms with van der Waals surface area (Å²) >= 11 is 1.32. The van der Waals surface area contributed by atoms with Crippen molar-refractivity contribution < 1.29 is 22.8 Å². The van der Waals surface area contributed by atoms with Gasteiger partial charge in [0.15, 0.2) is 0 Å². The first-order valence-electron chi connectivity index (χ1n) is 11.1. The molecule has 1 aromatic heterocycles. The summed E-state index contributed by atoms with van der Waals surface area (Å²) in [6.45, 7) is 5.61. The van der Waals surface area contributed by atoms with Crippen molar-refractivity contribution in [2.75, 3.05) is 40.1 Å². The zero-order valence-corrected chi connectivity index (χ0v) is 22.3. The molecule has 0 radical (unpaired) electrons. The van der Waals surface area contributed by atoms with Gasteiger partial charge < -0.3 is 10.2 Å². The molecular weight excluding hydrogens is 490 g/mol. The maximum absolute atomic E-state index is 13.1. The van der Waals surface area contributed by atoms with Gasteiger partial charge in [-0.25, -0.2) is 17.5 Å². The number of imide groups is 1. The molecule has 4 amide bonds. The van der Waals surface area contributed by atoms with Crippen LogP contribution < -0.4 is 10.6 Å². The first-order valence-corrected chi connectivity index (χ1v) is 13.3. The zero-order valence-electron chi connectivity index (χ0n) is 20.7. The van der Waals surface area contributed by atoms with Crippen LogP contribution in [0.3, 0.4) is 0 Å². The lowest BCUT2D eigenvalue weighted by Gasteiger charge is -2.30. The number of urea groups is 1. The minimum atomic E-state index is -3.62. The van der Waals surface area contributed by atoms with Gasteiger partial charge in [-0.3, -0.25) is 19.8 Å². The van der Waals surface area contributed by atoms with E-state index in [-0.39, 0.29) is 10.5 Å². The molecule has 1 aliphatic heterocycles. The van der Waals surface area contributed by atoms with Crippen LogP contribution in [0.15, 0.2) is 29.2 Å². The second kappa shape index (κ2) is 10.4. The highest BCUT2D eigenvalue weighted by Crippen LogP contribution is 2.38. The molecule has 1 aromatic carbocycles. The van der Waals surface area contributed by atoms with E-state index in [0.29, 0.717) is 29.6 Å². The third kappa shape index (κ3) is 5.72. The van der Waals surface area contributed by atoms with Crippen LogP contribution in [-0.4, -0.2) is 81.1 Å². The molecule has 0 bridgehead atoms. The Morgan fingerprint density at radius 3 is 2.20 bits per heavy atom. The van der Waals surface area contributed by atoms with E-state index in [4.69, 9.17) is 0 Å². The smallest absolute Gasteiger partial charge is 0.323 e. The summed E-state index contributed by atoms with van der Waals surface area (Å²) in [7, 11) is 2.32. The van der Waals surface area contributed by atoms with Gasteiger partial charge in [-0.1, -0.05) is 0 Å². The SMILES string of the molecule is CC(C)N1CCc2c(sc(NC(=O)c3ccc(S(=O)(=O)N(C)C)cc3)c2C(=O)NC(=O)N(C)C)C1. The average Bonchev–Trinajstić information content (AvgIpc) is 3.15. The monoisotopic (exact) mass is 521 g/mol. The number of benzene rings is 1. The summed E-state index contributed by atoms with van der Waals surface area (Å²) in [5.74, 6) is -1.05. The Morgan fingerprint density at radius 2 is 1.66 bits per heavy atom. The maximum Gasteiger partial charge on any atom is 0.323 e. The Kier molecular flexibility index (Phi) is 8.00. The van der Waals surface area contributed by atoms with Gasteiger partial charge in [0.1, 0.15) is 5.00 Å². The first kappa shape index (κ1) is 26.8. The Bertz CT molecular complexity index is 1230. The zero-order chi connectivity index (χ0) is 26.1. The van der Waals surface area contributed by atoms with E-state index in [1.165, 1.54) is 68.7 Å². The van der Waals surface area contributed by atoms with Crippen LogP contribution in [0.5, 0.6) is 0 Å². The van der Waals surface area contributed by atoms with Crippen molar-refractivity contribution in [2.24, 2.45) is 0 Å². The van der Waals surface area contributed by atoms with Gasteiger partial charge in [-0.2, -0.15) is 0 Å². The van der Waals surface area contributed by atoms with E-state index in [0.717, 1.165) is 21.3 Å². The summed E-state index contributed by atoms with van der Waals surface area (Å²) in [4.78, 5) is 42.8. The number of carbonyl (C=O) groups excluding carboxylic acids is 3. The van der Waals surface area contributed by atoms with E-state index in [2.05, 4.69) is 29.4 Å². The van der Waals surface area contributed by atoms with Crippen LogP contribution in [0.1, 0.15) is 45.0 Å². The molecule has 0 aliphatic carbocycles. The van der Waals surface area contributed by atoms with Gasteiger partial charge in [0.2, 0.25) is 10.0 Å². The molecule has 0 atom stereocenters. The highest BCUT2D eigenvalue weighted by molar-refractivity contribution is 7.89. The van der Waals surface area contributed by atoms with Gasteiger partial charge in [0.05, 0.1) is 10.5 Å². The number of anilines is 1. The van der Waals surface area contributed by atoms with Crippen molar-refractivity contribution in [2.45, 2.75) is 37.8 Å². The molecule has 2 heterocycles. The third-order valence-corrected chi connectivity index (χ3v) is 8.75.